The summed E-state index contributed by atoms with van der Waals surface area (Å²) in [5.41, 5.74) is 14.6. The van der Waals surface area contributed by atoms with Crippen molar-refractivity contribution in [1.29, 1.82) is 0 Å². The van der Waals surface area contributed by atoms with Gasteiger partial charge in [-0.2, -0.15) is 5.11 Å². The van der Waals surface area contributed by atoms with E-state index >= 15 is 0 Å². The lowest BCUT2D eigenvalue weighted by atomic mass is 10.1. The molecule has 3 aromatic carbocycles. The highest BCUT2D eigenvalue weighted by Gasteiger charge is 2.02. The molecule has 0 unspecified atom stereocenters. The Morgan fingerprint density at radius 1 is 0.650 bits per heavy atom. The summed E-state index contributed by atoms with van der Waals surface area (Å²) < 4.78 is 0. The minimum Gasteiger partial charge on any atom is -0.399 e. The average Bonchev–Trinajstić information content (AvgIpc) is 2.49. The predicted octanol–water partition coefficient (Wildman–Crippen LogP) is 4.42. The zero-order chi connectivity index (χ0) is 13.9. The van der Waals surface area contributed by atoms with Gasteiger partial charge in [-0.25, -0.2) is 0 Å². The van der Waals surface area contributed by atoms with Gasteiger partial charge in [0.25, 0.3) is 0 Å². The normalized spacial score (nSPS) is 11.2. The molecule has 98 valence electrons. The number of nitrogens with two attached hydrogens (primary N) is 2. The number of nitrogens with zero attached hydrogens (tertiary/aromatic N) is 2. The van der Waals surface area contributed by atoms with Crippen LogP contribution in [0.1, 0.15) is 0 Å². The number of azo groups is 1. The van der Waals surface area contributed by atoms with E-state index < -0.39 is 0 Å². The van der Waals surface area contributed by atoms with Crippen LogP contribution >= 0.6 is 0 Å². The van der Waals surface area contributed by atoms with Crippen LogP contribution in [0.4, 0.5) is 22.7 Å². The van der Waals surface area contributed by atoms with Gasteiger partial charge in [-0.15, -0.1) is 5.11 Å². The number of anilines is 2. The first-order chi connectivity index (χ1) is 9.74. The van der Waals surface area contributed by atoms with Crippen molar-refractivity contribution in [2.75, 3.05) is 11.5 Å². The van der Waals surface area contributed by atoms with E-state index in [1.807, 2.05) is 48.5 Å². The van der Waals surface area contributed by atoms with Gasteiger partial charge in [0.05, 0.1) is 11.4 Å². The molecule has 0 aliphatic carbocycles. The van der Waals surface area contributed by atoms with E-state index in [9.17, 15) is 0 Å². The van der Waals surface area contributed by atoms with Crippen molar-refractivity contribution in [3.05, 3.63) is 60.7 Å². The van der Waals surface area contributed by atoms with Crippen LogP contribution in [0.25, 0.3) is 10.8 Å². The molecule has 4 nitrogen and oxygen atoms in total. The van der Waals surface area contributed by atoms with Crippen LogP contribution in [0.3, 0.4) is 0 Å². The van der Waals surface area contributed by atoms with Crippen LogP contribution in [-0.2, 0) is 0 Å². The zero-order valence-electron chi connectivity index (χ0n) is 10.8. The molecule has 0 radical (unpaired) electrons. The largest absolute Gasteiger partial charge is 0.399 e. The number of rotatable bonds is 2. The molecule has 0 bridgehead atoms. The van der Waals surface area contributed by atoms with Crippen molar-refractivity contribution in [3.8, 4) is 0 Å². The molecule has 0 saturated heterocycles. The van der Waals surface area contributed by atoms with Crippen molar-refractivity contribution in [2.45, 2.75) is 0 Å². The van der Waals surface area contributed by atoms with E-state index in [0.717, 1.165) is 27.8 Å². The topological polar surface area (TPSA) is 76.8 Å². The van der Waals surface area contributed by atoms with Crippen molar-refractivity contribution >= 4 is 33.5 Å². The van der Waals surface area contributed by atoms with Crippen LogP contribution in [0, 0.1) is 0 Å². The highest BCUT2D eigenvalue weighted by atomic mass is 15.1. The first-order valence-corrected chi connectivity index (χ1v) is 6.28. The number of benzene rings is 3. The second kappa shape index (κ2) is 5.01. The quantitative estimate of drug-likeness (QED) is 0.529. The number of fused-ring (bicyclic) bond motifs is 1. The molecule has 0 aliphatic rings. The summed E-state index contributed by atoms with van der Waals surface area (Å²) in [5.74, 6) is 0. The standard InChI is InChI=1S/C16H14N4/c17-11-5-7-12(8-6-11)19-20-16-10-9-15(18)13-3-1-2-4-14(13)16/h1-10H,17-18H2/b20-19+. The third-order valence-electron chi connectivity index (χ3n) is 3.10. The summed E-state index contributed by atoms with van der Waals surface area (Å²) in [7, 11) is 0. The van der Waals surface area contributed by atoms with Crippen LogP contribution in [0.2, 0.25) is 0 Å². The van der Waals surface area contributed by atoms with Crippen LogP contribution < -0.4 is 11.5 Å². The maximum absolute atomic E-state index is 5.96. The van der Waals surface area contributed by atoms with Gasteiger partial charge in [-0.05, 0) is 36.4 Å². The predicted molar refractivity (Wildman–Crippen MR) is 83.4 cm³/mol. The Kier molecular flexibility index (Phi) is 3.05. The Bertz CT molecular complexity index is 776. The highest BCUT2D eigenvalue weighted by Crippen LogP contribution is 2.31. The third-order valence-corrected chi connectivity index (χ3v) is 3.10. The van der Waals surface area contributed by atoms with Crippen molar-refractivity contribution < 1.29 is 0 Å². The molecule has 4 N–H and O–H groups in total. The van der Waals surface area contributed by atoms with Crippen LogP contribution in [0.5, 0.6) is 0 Å². The Hall–Kier alpha value is -2.88. The van der Waals surface area contributed by atoms with E-state index in [4.69, 9.17) is 11.5 Å². The first kappa shape index (κ1) is 12.2. The summed E-state index contributed by atoms with van der Waals surface area (Å²) in [6.45, 7) is 0. The molecule has 3 rings (SSSR count). The molecule has 20 heavy (non-hydrogen) atoms. The smallest absolute Gasteiger partial charge is 0.0936 e. The Balaban J connectivity index is 2.03. The minimum atomic E-state index is 0.710. The van der Waals surface area contributed by atoms with E-state index in [1.54, 1.807) is 12.1 Å². The van der Waals surface area contributed by atoms with Gasteiger partial charge in [-0.1, -0.05) is 24.3 Å². The van der Waals surface area contributed by atoms with Gasteiger partial charge in [0.15, 0.2) is 0 Å². The van der Waals surface area contributed by atoms with Gasteiger partial charge in [0.2, 0.25) is 0 Å². The van der Waals surface area contributed by atoms with Gasteiger partial charge in [0, 0.05) is 22.1 Å². The van der Waals surface area contributed by atoms with Crippen molar-refractivity contribution in [3.63, 3.8) is 0 Å². The van der Waals surface area contributed by atoms with E-state index in [-0.39, 0.29) is 0 Å². The SMILES string of the molecule is Nc1ccc(/N=N/c2ccc(N)c3ccccc23)cc1. The average molecular weight is 262 g/mol. The van der Waals surface area contributed by atoms with E-state index in [2.05, 4.69) is 10.2 Å². The number of hydrogen-bond donors (Lipinski definition) is 2. The van der Waals surface area contributed by atoms with Gasteiger partial charge >= 0.3 is 0 Å². The monoisotopic (exact) mass is 262 g/mol. The highest BCUT2D eigenvalue weighted by molar-refractivity contribution is 5.99. The molecule has 0 heterocycles. The van der Waals surface area contributed by atoms with Crippen molar-refractivity contribution in [2.24, 2.45) is 10.2 Å². The Morgan fingerprint density at radius 3 is 2.10 bits per heavy atom. The fraction of sp³-hybridized carbons (Fsp3) is 0. The lowest BCUT2D eigenvalue weighted by molar-refractivity contribution is 1.24. The Labute approximate surface area is 116 Å². The van der Waals surface area contributed by atoms with E-state index in [0.29, 0.717) is 5.69 Å². The fourth-order valence-corrected chi connectivity index (χ4v) is 2.05. The maximum Gasteiger partial charge on any atom is 0.0936 e. The molecular weight excluding hydrogens is 248 g/mol. The third kappa shape index (κ3) is 2.31. The summed E-state index contributed by atoms with van der Waals surface area (Å²) in [6.07, 6.45) is 0. The minimum absolute atomic E-state index is 0.710. The molecule has 0 aromatic heterocycles. The second-order valence-electron chi connectivity index (χ2n) is 4.51. The molecule has 0 amide bonds. The van der Waals surface area contributed by atoms with E-state index in [1.165, 1.54) is 0 Å². The lowest BCUT2D eigenvalue weighted by Gasteiger charge is -2.04. The molecule has 0 spiro atoms. The van der Waals surface area contributed by atoms with Crippen molar-refractivity contribution in [1.82, 2.24) is 0 Å². The second-order valence-corrected chi connectivity index (χ2v) is 4.51. The molecular formula is C16H14N4. The summed E-state index contributed by atoms with van der Waals surface area (Å²) in [5, 5.41) is 10.5. The lowest BCUT2D eigenvalue weighted by Crippen LogP contribution is -1.86. The van der Waals surface area contributed by atoms with Crippen LogP contribution in [0.15, 0.2) is 70.9 Å². The van der Waals surface area contributed by atoms with Gasteiger partial charge in [-0.3, -0.25) is 0 Å². The molecule has 0 atom stereocenters. The molecule has 0 fully saturated rings. The maximum atomic E-state index is 5.96. The Morgan fingerprint density at radius 2 is 1.35 bits per heavy atom. The summed E-state index contributed by atoms with van der Waals surface area (Å²) in [6, 6.07) is 18.9. The first-order valence-electron chi connectivity index (χ1n) is 6.28. The molecule has 0 saturated carbocycles. The summed E-state index contributed by atoms with van der Waals surface area (Å²) >= 11 is 0. The van der Waals surface area contributed by atoms with Gasteiger partial charge in [0.1, 0.15) is 0 Å². The molecule has 4 heteroatoms. The summed E-state index contributed by atoms with van der Waals surface area (Å²) in [4.78, 5) is 0. The van der Waals surface area contributed by atoms with Gasteiger partial charge < -0.3 is 11.5 Å². The fourth-order valence-electron chi connectivity index (χ4n) is 2.05. The molecule has 0 aliphatic heterocycles. The molecule has 3 aromatic rings. The van der Waals surface area contributed by atoms with Crippen LogP contribution in [-0.4, -0.2) is 0 Å². The zero-order valence-corrected chi connectivity index (χ0v) is 10.8. The number of hydrogen-bond acceptors (Lipinski definition) is 4. The number of nitrogen functional groups attached to an aromatic ring is 2.